The van der Waals surface area contributed by atoms with Crippen LogP contribution in [-0.4, -0.2) is 283 Å². The Balaban J connectivity index is 2.30. The van der Waals surface area contributed by atoms with Gasteiger partial charge in [-0.15, -0.1) is 0 Å². The van der Waals surface area contributed by atoms with Gasteiger partial charge in [-0.1, -0.05) is 74.5 Å². The lowest BCUT2D eigenvalue weighted by atomic mass is 10.0. The topological polar surface area (TPSA) is 831 Å². The summed E-state index contributed by atoms with van der Waals surface area (Å²) in [6.45, 7) is 5.17. The average molecular weight is 1810 g/mol. The molecule has 0 unspecified atom stereocenters. The zero-order valence-electron chi connectivity index (χ0n) is 72.6. The van der Waals surface area contributed by atoms with E-state index in [-0.39, 0.29) is 103 Å². The zero-order chi connectivity index (χ0) is 96.3. The number of aliphatic hydroxyl groups is 2. The number of primary amides is 2. The molecule has 0 aliphatic rings. The van der Waals surface area contributed by atoms with Crippen LogP contribution in [0.4, 0.5) is 0 Å². The molecule has 49 heteroatoms. The molecule has 2 rings (SSSR count). The summed E-state index contributed by atoms with van der Waals surface area (Å²) in [5.41, 5.74) is 40.3. The minimum absolute atomic E-state index is 0.0136. The highest BCUT2D eigenvalue weighted by Gasteiger charge is 2.38. The van der Waals surface area contributed by atoms with Gasteiger partial charge in [0.25, 0.3) is 0 Å². The van der Waals surface area contributed by atoms with E-state index in [2.05, 4.69) is 95.7 Å². The SMILES string of the molecule is CC(C)C[C@H](NC(=O)[C@H](CCCCN)NC(=O)[C@H](CCCNC(=N)N)NC(=O)[C@H](C)NC(=O)[C@H](CO)NC(=O)[C@H](CCCCN)NC(=O)[C@H](CCCNC(=N)N)NC(=O)[C@H](C)NC(=O)CNC(=O)[C@@H](NC(=O)[C@H](Cc1ccccc1)NC(=O)CNC(=O)CNC(=O)[C@@H](N)Cc1ccccc1)[C@H](C)O)C(=O)N[C@@H](C)C(=O)N[C@@H](CC(N)=O)C(=O)N[C@@H](CCC(N)=O)C(=O)O. The minimum Gasteiger partial charge on any atom is -0.480 e. The van der Waals surface area contributed by atoms with Crippen LogP contribution in [0.3, 0.4) is 0 Å². The molecule has 712 valence electrons. The maximum Gasteiger partial charge on any atom is 0.326 e. The van der Waals surface area contributed by atoms with Gasteiger partial charge >= 0.3 is 5.97 Å². The Morgan fingerprint density at radius 2 is 0.727 bits per heavy atom. The van der Waals surface area contributed by atoms with Crippen LogP contribution in [0.2, 0.25) is 0 Å². The van der Waals surface area contributed by atoms with Crippen molar-refractivity contribution in [3.63, 3.8) is 0 Å². The van der Waals surface area contributed by atoms with Gasteiger partial charge in [-0.3, -0.25) is 97.1 Å². The lowest BCUT2D eigenvalue weighted by molar-refractivity contribution is -0.143. The first-order valence-corrected chi connectivity index (χ1v) is 41.6. The van der Waals surface area contributed by atoms with Crippen molar-refractivity contribution in [1.82, 2.24) is 95.7 Å². The van der Waals surface area contributed by atoms with E-state index in [0.29, 0.717) is 18.4 Å². The van der Waals surface area contributed by atoms with Crippen molar-refractivity contribution in [2.24, 2.45) is 46.1 Å². The smallest absolute Gasteiger partial charge is 0.326 e. The molecule has 0 bridgehead atoms. The van der Waals surface area contributed by atoms with Gasteiger partial charge < -0.3 is 151 Å². The molecule has 0 radical (unpaired) electrons. The second-order valence-corrected chi connectivity index (χ2v) is 30.6. The van der Waals surface area contributed by atoms with Crippen LogP contribution in [-0.2, 0) is 104 Å². The third-order valence-corrected chi connectivity index (χ3v) is 19.1. The van der Waals surface area contributed by atoms with E-state index < -0.39 is 260 Å². The molecule has 18 amide bonds. The summed E-state index contributed by atoms with van der Waals surface area (Å²) in [6, 6.07) is -4.32. The van der Waals surface area contributed by atoms with Gasteiger partial charge in [0.05, 0.1) is 44.8 Å². The van der Waals surface area contributed by atoms with Crippen molar-refractivity contribution < 1.29 is 106 Å². The normalized spacial score (nSPS) is 14.4. The van der Waals surface area contributed by atoms with Crippen molar-refractivity contribution in [1.29, 1.82) is 10.8 Å². The summed E-state index contributed by atoms with van der Waals surface area (Å²) < 4.78 is 0. The van der Waals surface area contributed by atoms with Gasteiger partial charge in [0.1, 0.15) is 78.5 Å². The van der Waals surface area contributed by atoms with E-state index in [0.717, 1.165) is 12.5 Å². The van der Waals surface area contributed by atoms with Gasteiger partial charge in [-0.2, -0.15) is 0 Å². The highest BCUT2D eigenvalue weighted by Crippen LogP contribution is 2.13. The van der Waals surface area contributed by atoms with Gasteiger partial charge in [0.15, 0.2) is 11.9 Å². The largest absolute Gasteiger partial charge is 0.480 e. The molecule has 2 aromatic rings. The number of carboxylic acids is 1. The number of rotatable bonds is 62. The van der Waals surface area contributed by atoms with Crippen LogP contribution < -0.4 is 136 Å². The maximum atomic E-state index is 14.4. The molecule has 0 aromatic heterocycles. The quantitative estimate of drug-likeness (QED) is 0.0166. The average Bonchev–Trinajstić information content (AvgIpc) is 0.848. The number of nitrogens with two attached hydrogens (primary N) is 7. The number of amides is 18. The van der Waals surface area contributed by atoms with Crippen molar-refractivity contribution in [2.45, 2.75) is 235 Å². The molecule has 0 spiro atoms. The second-order valence-electron chi connectivity index (χ2n) is 30.6. The van der Waals surface area contributed by atoms with Gasteiger partial charge in [0.2, 0.25) is 106 Å². The highest BCUT2D eigenvalue weighted by atomic mass is 16.4. The summed E-state index contributed by atoms with van der Waals surface area (Å²) in [6.07, 6.45) is -3.00. The first kappa shape index (κ1) is 111. The Kier molecular flexibility index (Phi) is 51.6. The lowest BCUT2D eigenvalue weighted by Gasteiger charge is -2.28. The van der Waals surface area contributed by atoms with E-state index in [4.69, 9.17) is 51.0 Å². The summed E-state index contributed by atoms with van der Waals surface area (Å²) in [4.78, 5) is 254. The number of nitrogens with one attached hydrogen (secondary N) is 20. The monoisotopic (exact) mass is 1810 g/mol. The van der Waals surface area contributed by atoms with E-state index in [1.54, 1.807) is 74.5 Å². The first-order chi connectivity index (χ1) is 60.4. The number of unbranched alkanes of at least 4 members (excludes halogenated alkanes) is 2. The highest BCUT2D eigenvalue weighted by molar-refractivity contribution is 6.01. The number of guanidine groups is 2. The van der Waals surface area contributed by atoms with Crippen LogP contribution in [0, 0.1) is 16.7 Å². The van der Waals surface area contributed by atoms with Gasteiger partial charge in [0, 0.05) is 25.9 Å². The number of carbonyl (C=O) groups excluding carboxylic acids is 18. The van der Waals surface area contributed by atoms with Gasteiger partial charge in [-0.05, 0) is 141 Å². The first-order valence-electron chi connectivity index (χ1n) is 41.6. The Bertz CT molecular complexity index is 4080. The number of benzene rings is 2. The molecule has 2 aromatic carbocycles. The Morgan fingerprint density at radius 3 is 1.16 bits per heavy atom. The molecule has 0 heterocycles. The van der Waals surface area contributed by atoms with Crippen LogP contribution in [0.25, 0.3) is 0 Å². The van der Waals surface area contributed by atoms with Crippen LogP contribution >= 0.6 is 0 Å². The fourth-order valence-electron chi connectivity index (χ4n) is 12.1. The van der Waals surface area contributed by atoms with Crippen LogP contribution in [0.15, 0.2) is 60.7 Å². The summed E-state index contributed by atoms with van der Waals surface area (Å²) in [5, 5.41) is 89.6. The molecular weight excluding hydrogens is 1680 g/mol. The number of aliphatic carboxylic acids is 1. The lowest BCUT2D eigenvalue weighted by Crippen LogP contribution is -2.61. The fraction of sp³-hybridized carbons (Fsp3) is 0.582. The molecule has 49 nitrogen and oxygen atoms in total. The maximum absolute atomic E-state index is 14.4. The van der Waals surface area contributed by atoms with E-state index >= 15 is 0 Å². The molecule has 0 saturated heterocycles. The van der Waals surface area contributed by atoms with E-state index in [9.17, 15) is 106 Å². The molecule has 0 aliphatic heterocycles. The molecule has 0 aliphatic carbocycles. The third kappa shape index (κ3) is 45.0. The van der Waals surface area contributed by atoms with Gasteiger partial charge in [-0.25, -0.2) is 4.79 Å². The van der Waals surface area contributed by atoms with Crippen molar-refractivity contribution in [2.75, 3.05) is 52.4 Å². The number of hydrogen-bond acceptors (Lipinski definition) is 26. The molecular formula is C79H129N27O22. The predicted molar refractivity (Wildman–Crippen MR) is 462 cm³/mol. The van der Waals surface area contributed by atoms with Crippen LogP contribution in [0.5, 0.6) is 0 Å². The Hall–Kier alpha value is -13.3. The number of aliphatic hydroxyl groups excluding tert-OH is 2. The predicted octanol–water partition coefficient (Wildman–Crippen LogP) is -11.1. The number of hydrogen-bond donors (Lipinski definition) is 30. The fourth-order valence-corrected chi connectivity index (χ4v) is 12.1. The second kappa shape index (κ2) is 59.6. The Morgan fingerprint density at radius 1 is 0.359 bits per heavy atom. The summed E-state index contributed by atoms with van der Waals surface area (Å²) in [7, 11) is 0. The minimum atomic E-state index is -1.85. The molecule has 37 N–H and O–H groups in total. The third-order valence-electron chi connectivity index (χ3n) is 19.1. The zero-order valence-corrected chi connectivity index (χ0v) is 72.6. The van der Waals surface area contributed by atoms with Crippen molar-refractivity contribution in [3.8, 4) is 0 Å². The van der Waals surface area contributed by atoms with Crippen molar-refractivity contribution >= 4 is 124 Å². The number of carboxylic acid groups (broad SMARTS) is 1. The van der Waals surface area contributed by atoms with Crippen LogP contribution in [0.1, 0.15) is 143 Å². The van der Waals surface area contributed by atoms with Crippen molar-refractivity contribution in [3.05, 3.63) is 71.8 Å². The van der Waals surface area contributed by atoms with E-state index in [1.165, 1.54) is 20.8 Å². The van der Waals surface area contributed by atoms with E-state index in [1.807, 2.05) is 0 Å². The summed E-state index contributed by atoms with van der Waals surface area (Å²) >= 11 is 0. The summed E-state index contributed by atoms with van der Waals surface area (Å²) in [5.74, 6) is -20.5. The number of carbonyl (C=O) groups is 19. The molecule has 0 saturated carbocycles. The standard InChI is InChI=1S/C79H129N27O22/c1-41(2)33-54(72(122)95-44(5)66(116)103-56(36-59(84)110)73(123)102-53(77(127)128)27-28-58(83)109)104-70(120)49(23-13-15-29-80)100-69(119)52(26-18-32-90-79(87)88)99-65(115)43(4)96-75(125)57(40-107)105-71(121)50(24-14-16-30-81)101-68(118)51(25-17-31-89-78(85)86)98-64(114)42(3)94-61(112)39-93-76(126)63(45(6)108)106-74(124)55(35-47-21-11-8-12-22-47)97-62(113)38-91-60(111)37-92-67(117)48(82)34-46-19-9-7-10-20-46/h7-12,19-22,41-45,48-57,63,107-108H,13-18,23-40,80-82H2,1-6H3,(H2,83,109)(H2,84,110)(H,91,111)(H,92,117)(H,93,126)(H,94,112)(H,95,122)(H,96,125)(H,97,113)(H,98,114)(H,99,115)(H,100,119)(H,101,118)(H,102,123)(H,103,116)(H,104,120)(H,105,121)(H,106,124)(H,127,128)(H4,85,86,89)(H4,87,88,90)/t42-,43-,44-,45-,48-,49-,50-,51-,52-,53-,54-,55-,56-,57-,63-/m0/s1. The Labute approximate surface area is 739 Å². The molecule has 0 fully saturated rings. The molecule has 15 atom stereocenters. The molecule has 128 heavy (non-hydrogen) atoms.